The maximum atomic E-state index is 12.6. The predicted molar refractivity (Wildman–Crippen MR) is 78.8 cm³/mol. The van der Waals surface area contributed by atoms with Crippen LogP contribution < -0.4 is 9.47 Å². The van der Waals surface area contributed by atoms with Crippen LogP contribution in [0.3, 0.4) is 0 Å². The van der Waals surface area contributed by atoms with Crippen molar-refractivity contribution in [3.8, 4) is 22.9 Å². The van der Waals surface area contributed by atoms with Gasteiger partial charge in [0.1, 0.15) is 5.75 Å². The first-order chi connectivity index (χ1) is 10.8. The van der Waals surface area contributed by atoms with Crippen LogP contribution in [0, 0.1) is 0 Å². The number of aromatic nitrogens is 3. The highest BCUT2D eigenvalue weighted by molar-refractivity contribution is 6.33. The Morgan fingerprint density at radius 1 is 1.35 bits per heavy atom. The molecule has 5 nitrogen and oxygen atoms in total. The van der Waals surface area contributed by atoms with E-state index in [-0.39, 0.29) is 5.88 Å². The zero-order chi connectivity index (χ0) is 17.2. The average Bonchev–Trinajstić information content (AvgIpc) is 2.87. The molecule has 1 atom stereocenters. The molecule has 0 fully saturated rings. The monoisotopic (exact) mass is 349 g/mol. The SMILES string of the molecule is CCn1ncc(Cl)c1-c1cnc(O[C@@H](C)C(F)(F)F)cc1OC. The summed E-state index contributed by atoms with van der Waals surface area (Å²) in [6.45, 7) is 3.36. The lowest BCUT2D eigenvalue weighted by atomic mass is 10.2. The van der Waals surface area contributed by atoms with Crippen molar-refractivity contribution in [1.82, 2.24) is 14.8 Å². The quantitative estimate of drug-likeness (QED) is 0.820. The van der Waals surface area contributed by atoms with Crippen LogP contribution in [0.4, 0.5) is 13.2 Å². The van der Waals surface area contributed by atoms with Gasteiger partial charge < -0.3 is 9.47 Å². The fourth-order valence-electron chi connectivity index (χ4n) is 1.95. The fraction of sp³-hybridized carbons (Fsp3) is 0.429. The molecule has 0 bridgehead atoms. The molecule has 0 N–H and O–H groups in total. The van der Waals surface area contributed by atoms with Crippen LogP contribution in [0.5, 0.6) is 11.6 Å². The third kappa shape index (κ3) is 3.69. The van der Waals surface area contributed by atoms with Crippen molar-refractivity contribution in [3.05, 3.63) is 23.5 Å². The highest BCUT2D eigenvalue weighted by Crippen LogP contribution is 2.36. The fourth-order valence-corrected chi connectivity index (χ4v) is 2.19. The van der Waals surface area contributed by atoms with E-state index in [9.17, 15) is 13.2 Å². The van der Waals surface area contributed by atoms with Gasteiger partial charge in [0.15, 0.2) is 6.10 Å². The zero-order valence-corrected chi connectivity index (χ0v) is 13.4. The molecular weight excluding hydrogens is 335 g/mol. The van der Waals surface area contributed by atoms with Crippen molar-refractivity contribution in [2.75, 3.05) is 7.11 Å². The van der Waals surface area contributed by atoms with Crippen LogP contribution in [0.2, 0.25) is 5.02 Å². The van der Waals surface area contributed by atoms with E-state index in [1.165, 1.54) is 25.6 Å². The molecule has 0 aliphatic carbocycles. The lowest BCUT2D eigenvalue weighted by molar-refractivity contribution is -0.190. The highest BCUT2D eigenvalue weighted by atomic mass is 35.5. The molecule has 0 amide bonds. The number of aryl methyl sites for hydroxylation is 1. The maximum Gasteiger partial charge on any atom is 0.425 e. The average molecular weight is 350 g/mol. The molecule has 23 heavy (non-hydrogen) atoms. The Morgan fingerprint density at radius 3 is 2.61 bits per heavy atom. The molecule has 0 saturated heterocycles. The number of rotatable bonds is 5. The Kier molecular flexibility index (Phi) is 5.03. The molecular formula is C14H15ClF3N3O2. The van der Waals surface area contributed by atoms with Crippen molar-refractivity contribution in [1.29, 1.82) is 0 Å². The Balaban J connectivity index is 2.39. The summed E-state index contributed by atoms with van der Waals surface area (Å²) >= 11 is 6.12. The molecule has 0 aromatic carbocycles. The van der Waals surface area contributed by atoms with E-state index < -0.39 is 12.3 Å². The molecule has 2 rings (SSSR count). The number of ether oxygens (including phenoxy) is 2. The van der Waals surface area contributed by atoms with E-state index in [0.717, 1.165) is 6.92 Å². The topological polar surface area (TPSA) is 49.2 Å². The van der Waals surface area contributed by atoms with Crippen LogP contribution in [0.25, 0.3) is 11.3 Å². The van der Waals surface area contributed by atoms with E-state index in [1.54, 1.807) is 4.68 Å². The third-order valence-electron chi connectivity index (χ3n) is 3.17. The lowest BCUT2D eigenvalue weighted by Crippen LogP contribution is -2.31. The molecule has 2 aromatic heterocycles. The van der Waals surface area contributed by atoms with Crippen molar-refractivity contribution in [2.24, 2.45) is 0 Å². The van der Waals surface area contributed by atoms with Crippen LogP contribution >= 0.6 is 11.6 Å². The number of methoxy groups -OCH3 is 1. The predicted octanol–water partition coefficient (Wildman–Crippen LogP) is 3.96. The summed E-state index contributed by atoms with van der Waals surface area (Å²) in [6.07, 6.45) is -3.62. The minimum atomic E-state index is -4.47. The van der Waals surface area contributed by atoms with E-state index in [1.807, 2.05) is 6.92 Å². The summed E-state index contributed by atoms with van der Waals surface area (Å²) in [5.74, 6) is 0.107. The molecule has 9 heteroatoms. The van der Waals surface area contributed by atoms with Crippen LogP contribution in [0.1, 0.15) is 13.8 Å². The van der Waals surface area contributed by atoms with E-state index in [2.05, 4.69) is 10.1 Å². The zero-order valence-electron chi connectivity index (χ0n) is 12.7. The number of hydrogen-bond donors (Lipinski definition) is 0. The second-order valence-corrected chi connectivity index (χ2v) is 5.09. The van der Waals surface area contributed by atoms with Gasteiger partial charge >= 0.3 is 6.18 Å². The first-order valence-electron chi connectivity index (χ1n) is 6.77. The lowest BCUT2D eigenvalue weighted by Gasteiger charge is -2.18. The second kappa shape index (κ2) is 6.66. The van der Waals surface area contributed by atoms with Gasteiger partial charge in [-0.15, -0.1) is 0 Å². The van der Waals surface area contributed by atoms with Crippen molar-refractivity contribution in [2.45, 2.75) is 32.7 Å². The third-order valence-corrected chi connectivity index (χ3v) is 3.45. The van der Waals surface area contributed by atoms with Gasteiger partial charge in [-0.3, -0.25) is 4.68 Å². The van der Waals surface area contributed by atoms with Crippen LogP contribution in [-0.4, -0.2) is 34.2 Å². The Bertz CT molecular complexity index is 688. The van der Waals surface area contributed by atoms with Crippen molar-refractivity contribution >= 4 is 11.6 Å². The van der Waals surface area contributed by atoms with Gasteiger partial charge in [-0.05, 0) is 13.8 Å². The Labute approximate surface area is 136 Å². The van der Waals surface area contributed by atoms with E-state index >= 15 is 0 Å². The van der Waals surface area contributed by atoms with Gasteiger partial charge in [0.2, 0.25) is 5.88 Å². The summed E-state index contributed by atoms with van der Waals surface area (Å²) < 4.78 is 49.4. The summed E-state index contributed by atoms with van der Waals surface area (Å²) in [4.78, 5) is 3.91. The molecule has 0 aliphatic heterocycles. The number of alkyl halides is 3. The first kappa shape index (κ1) is 17.4. The maximum absolute atomic E-state index is 12.6. The summed E-state index contributed by atoms with van der Waals surface area (Å²) in [6, 6.07) is 1.29. The molecule has 0 saturated carbocycles. The van der Waals surface area contributed by atoms with E-state index in [0.29, 0.717) is 28.6 Å². The Morgan fingerprint density at radius 2 is 2.04 bits per heavy atom. The van der Waals surface area contributed by atoms with Crippen LogP contribution in [-0.2, 0) is 6.54 Å². The van der Waals surface area contributed by atoms with Crippen molar-refractivity contribution < 1.29 is 22.6 Å². The first-order valence-corrected chi connectivity index (χ1v) is 7.14. The standard InChI is InChI=1S/C14H15ClF3N3O2/c1-4-21-13(10(15)7-20-21)9-6-19-12(5-11(9)22-3)23-8(2)14(16,17)18/h5-8H,4H2,1-3H3/t8-/m0/s1. The number of nitrogens with zero attached hydrogens (tertiary/aromatic N) is 3. The molecule has 0 spiro atoms. The summed E-state index contributed by atoms with van der Waals surface area (Å²) in [5.41, 5.74) is 1.10. The van der Waals surface area contributed by atoms with Gasteiger partial charge in [-0.1, -0.05) is 11.6 Å². The minimum Gasteiger partial charge on any atom is -0.496 e. The Hall–Kier alpha value is -1.96. The molecule has 126 valence electrons. The van der Waals surface area contributed by atoms with Gasteiger partial charge in [0.25, 0.3) is 0 Å². The van der Waals surface area contributed by atoms with E-state index in [4.69, 9.17) is 21.1 Å². The second-order valence-electron chi connectivity index (χ2n) is 4.68. The highest BCUT2D eigenvalue weighted by Gasteiger charge is 2.38. The molecule has 0 aliphatic rings. The number of pyridine rings is 1. The minimum absolute atomic E-state index is 0.186. The summed E-state index contributed by atoms with van der Waals surface area (Å²) in [7, 11) is 1.40. The van der Waals surface area contributed by atoms with Gasteiger partial charge in [0.05, 0.1) is 29.6 Å². The number of hydrogen-bond acceptors (Lipinski definition) is 4. The van der Waals surface area contributed by atoms with Crippen LogP contribution in [0.15, 0.2) is 18.5 Å². The number of halogens is 4. The molecule has 0 unspecified atom stereocenters. The smallest absolute Gasteiger partial charge is 0.425 e. The summed E-state index contributed by atoms with van der Waals surface area (Å²) in [5, 5.41) is 4.50. The molecule has 2 aromatic rings. The van der Waals surface area contributed by atoms with Gasteiger partial charge in [-0.2, -0.15) is 18.3 Å². The molecule has 0 radical (unpaired) electrons. The molecule has 2 heterocycles. The van der Waals surface area contributed by atoms with Gasteiger partial charge in [-0.25, -0.2) is 4.98 Å². The largest absolute Gasteiger partial charge is 0.496 e. The van der Waals surface area contributed by atoms with Crippen molar-refractivity contribution in [3.63, 3.8) is 0 Å². The van der Waals surface area contributed by atoms with Gasteiger partial charge in [0, 0.05) is 18.8 Å². The normalized spacial score (nSPS) is 13.0.